The second-order valence-corrected chi connectivity index (χ2v) is 8.31. The highest BCUT2D eigenvalue weighted by Gasteiger charge is 2.48. The average Bonchev–Trinajstić information content (AvgIpc) is 2.36. The third-order valence-electron chi connectivity index (χ3n) is 5.40. The van der Waals surface area contributed by atoms with Crippen molar-refractivity contribution in [3.63, 3.8) is 0 Å². The summed E-state index contributed by atoms with van der Waals surface area (Å²) in [5, 5.41) is 3.60. The molecule has 21 heavy (non-hydrogen) atoms. The predicted molar refractivity (Wildman–Crippen MR) is 92.9 cm³/mol. The fourth-order valence-electron chi connectivity index (χ4n) is 3.56. The fraction of sp³-hybridized carbons (Fsp3) is 0.700. The van der Waals surface area contributed by atoms with Crippen molar-refractivity contribution in [1.29, 1.82) is 0 Å². The van der Waals surface area contributed by atoms with Crippen molar-refractivity contribution < 1.29 is 0 Å². The predicted octanol–water partition coefficient (Wildman–Crippen LogP) is 5.11. The highest BCUT2D eigenvalue weighted by atomic mass is 14.9. The van der Waals surface area contributed by atoms with Crippen LogP contribution in [0.4, 0.5) is 0 Å². The highest BCUT2D eigenvalue weighted by Crippen LogP contribution is 2.54. The second-order valence-electron chi connectivity index (χ2n) is 8.31. The van der Waals surface area contributed by atoms with Crippen LogP contribution in [0.3, 0.4) is 0 Å². The summed E-state index contributed by atoms with van der Waals surface area (Å²) in [6, 6.07) is 9.42. The van der Waals surface area contributed by atoms with Crippen LogP contribution >= 0.6 is 0 Å². The van der Waals surface area contributed by atoms with Gasteiger partial charge in [0.2, 0.25) is 0 Å². The normalized spacial score (nSPS) is 26.0. The maximum Gasteiger partial charge on any atom is 0.00834 e. The Hall–Kier alpha value is -0.820. The van der Waals surface area contributed by atoms with Gasteiger partial charge in [-0.15, -0.1) is 0 Å². The Morgan fingerprint density at radius 3 is 2.14 bits per heavy atom. The molecule has 0 aliphatic heterocycles. The number of nitrogens with one attached hydrogen (secondary N) is 1. The van der Waals surface area contributed by atoms with Gasteiger partial charge in [0.05, 0.1) is 0 Å². The molecule has 0 bridgehead atoms. The molecule has 1 nitrogen and oxygen atoms in total. The van der Waals surface area contributed by atoms with Gasteiger partial charge in [0, 0.05) is 12.0 Å². The minimum absolute atomic E-state index is 0.365. The van der Waals surface area contributed by atoms with E-state index in [0.29, 0.717) is 16.7 Å². The second kappa shape index (κ2) is 6.12. The molecule has 0 aromatic heterocycles. The largest absolute Gasteiger partial charge is 0.316 e. The molecule has 1 fully saturated rings. The van der Waals surface area contributed by atoms with E-state index in [-0.39, 0.29) is 0 Å². The minimum atomic E-state index is 0.365. The lowest BCUT2D eigenvalue weighted by Crippen LogP contribution is -2.52. The zero-order chi connectivity index (χ0) is 15.7. The topological polar surface area (TPSA) is 12.0 Å². The van der Waals surface area contributed by atoms with Crippen molar-refractivity contribution >= 4 is 0 Å². The van der Waals surface area contributed by atoms with E-state index in [1.165, 1.54) is 24.0 Å². The van der Waals surface area contributed by atoms with Crippen LogP contribution in [-0.4, -0.2) is 13.1 Å². The summed E-state index contributed by atoms with van der Waals surface area (Å²) in [5.74, 6) is 1.47. The first-order valence-electron chi connectivity index (χ1n) is 8.59. The van der Waals surface area contributed by atoms with Gasteiger partial charge in [-0.2, -0.15) is 0 Å². The number of rotatable bonds is 5. The van der Waals surface area contributed by atoms with E-state index in [1.54, 1.807) is 0 Å². The summed E-state index contributed by atoms with van der Waals surface area (Å²) in [4.78, 5) is 0. The maximum atomic E-state index is 3.60. The van der Waals surface area contributed by atoms with Crippen molar-refractivity contribution in [2.45, 2.75) is 65.7 Å². The lowest BCUT2D eigenvalue weighted by Gasteiger charge is -2.53. The molecule has 0 saturated heterocycles. The van der Waals surface area contributed by atoms with E-state index in [4.69, 9.17) is 0 Å². The smallest absolute Gasteiger partial charge is 0.00834 e. The molecule has 0 atom stereocenters. The zero-order valence-electron chi connectivity index (χ0n) is 14.8. The van der Waals surface area contributed by atoms with Crippen LogP contribution in [0.1, 0.15) is 71.4 Å². The summed E-state index contributed by atoms with van der Waals surface area (Å²) < 4.78 is 0. The number of hydrogen-bond donors (Lipinski definition) is 1. The first-order valence-corrected chi connectivity index (χ1v) is 8.59. The molecular weight excluding hydrogens is 254 g/mol. The zero-order valence-corrected chi connectivity index (χ0v) is 14.8. The summed E-state index contributed by atoms with van der Waals surface area (Å²) in [6.45, 7) is 16.1. The van der Waals surface area contributed by atoms with Gasteiger partial charge < -0.3 is 5.32 Å². The van der Waals surface area contributed by atoms with Crippen molar-refractivity contribution in [3.8, 4) is 0 Å². The summed E-state index contributed by atoms with van der Waals surface area (Å²) in [5.41, 5.74) is 3.79. The van der Waals surface area contributed by atoms with Crippen molar-refractivity contribution in [2.24, 2.45) is 11.3 Å². The van der Waals surface area contributed by atoms with Gasteiger partial charge in [-0.25, -0.2) is 0 Å². The van der Waals surface area contributed by atoms with Gasteiger partial charge in [-0.1, -0.05) is 65.8 Å². The maximum absolute atomic E-state index is 3.60. The lowest BCUT2D eigenvalue weighted by molar-refractivity contribution is 0.0452. The number of benzene rings is 1. The summed E-state index contributed by atoms with van der Waals surface area (Å²) in [7, 11) is 0. The van der Waals surface area contributed by atoms with E-state index in [2.05, 4.69) is 71.1 Å². The molecule has 0 heterocycles. The van der Waals surface area contributed by atoms with Gasteiger partial charge in [-0.05, 0) is 47.8 Å². The molecule has 1 aliphatic carbocycles. The molecule has 0 amide bonds. The highest BCUT2D eigenvalue weighted by molar-refractivity contribution is 5.34. The SMILES string of the molecule is CCNCC1(c2ccc(C(C)C)cc2)CC(C(C)(C)C)C1. The van der Waals surface area contributed by atoms with Crippen LogP contribution in [0.5, 0.6) is 0 Å². The van der Waals surface area contributed by atoms with E-state index < -0.39 is 0 Å². The molecule has 2 rings (SSSR count). The van der Waals surface area contributed by atoms with E-state index >= 15 is 0 Å². The molecule has 0 unspecified atom stereocenters. The molecule has 1 N–H and O–H groups in total. The molecule has 118 valence electrons. The standard InChI is InChI=1S/C20H33N/c1-7-21-14-20(12-18(13-20)19(4,5)6)17-10-8-16(9-11-17)15(2)3/h8-11,15,18,21H,7,12-14H2,1-6H3. The fourth-order valence-corrected chi connectivity index (χ4v) is 3.56. The summed E-state index contributed by atoms with van der Waals surface area (Å²) >= 11 is 0. The molecule has 0 radical (unpaired) electrons. The number of hydrogen-bond acceptors (Lipinski definition) is 1. The first kappa shape index (κ1) is 16.5. The van der Waals surface area contributed by atoms with Crippen LogP contribution in [-0.2, 0) is 5.41 Å². The van der Waals surface area contributed by atoms with Crippen molar-refractivity contribution in [3.05, 3.63) is 35.4 Å². The Morgan fingerprint density at radius 1 is 1.14 bits per heavy atom. The van der Waals surface area contributed by atoms with Crippen LogP contribution in [0, 0.1) is 11.3 Å². The van der Waals surface area contributed by atoms with Crippen molar-refractivity contribution in [1.82, 2.24) is 5.32 Å². The molecule has 1 aromatic carbocycles. The van der Waals surface area contributed by atoms with E-state index in [1.807, 2.05) is 0 Å². The molecular formula is C20H33N. The van der Waals surface area contributed by atoms with Gasteiger partial charge >= 0.3 is 0 Å². The van der Waals surface area contributed by atoms with Gasteiger partial charge in [0.25, 0.3) is 0 Å². The van der Waals surface area contributed by atoms with E-state index in [9.17, 15) is 0 Å². The minimum Gasteiger partial charge on any atom is -0.316 e. The van der Waals surface area contributed by atoms with Gasteiger partial charge in [0.15, 0.2) is 0 Å². The Kier molecular flexibility index (Phi) is 4.82. The Bertz CT molecular complexity index is 444. The molecule has 1 saturated carbocycles. The Balaban J connectivity index is 2.18. The monoisotopic (exact) mass is 287 g/mol. The lowest BCUT2D eigenvalue weighted by atomic mass is 9.52. The molecule has 1 aromatic rings. The third-order valence-corrected chi connectivity index (χ3v) is 5.40. The molecule has 0 spiro atoms. The van der Waals surface area contributed by atoms with Crippen molar-refractivity contribution in [2.75, 3.05) is 13.1 Å². The van der Waals surface area contributed by atoms with E-state index in [0.717, 1.165) is 19.0 Å². The Labute approximate surface area is 131 Å². The Morgan fingerprint density at radius 2 is 1.71 bits per heavy atom. The van der Waals surface area contributed by atoms with Gasteiger partial charge in [-0.3, -0.25) is 0 Å². The van der Waals surface area contributed by atoms with Crippen LogP contribution in [0.15, 0.2) is 24.3 Å². The first-order chi connectivity index (χ1) is 9.78. The van der Waals surface area contributed by atoms with Crippen LogP contribution in [0.25, 0.3) is 0 Å². The van der Waals surface area contributed by atoms with Crippen LogP contribution in [0.2, 0.25) is 0 Å². The molecule has 1 heteroatoms. The molecule has 1 aliphatic rings. The summed E-state index contributed by atoms with van der Waals surface area (Å²) in [6.07, 6.45) is 2.65. The quantitative estimate of drug-likeness (QED) is 0.793. The number of likely N-dealkylation sites (N-methyl/N-ethyl adjacent to an activating group) is 1. The van der Waals surface area contributed by atoms with Gasteiger partial charge in [0.1, 0.15) is 0 Å². The third kappa shape index (κ3) is 3.51. The average molecular weight is 287 g/mol. The van der Waals surface area contributed by atoms with Crippen LogP contribution < -0.4 is 5.32 Å².